The fraction of sp³-hybridized carbons (Fsp3) is 0.385. The average molecular weight is 265 g/mol. The van der Waals surface area contributed by atoms with Crippen molar-refractivity contribution >= 4 is 12.1 Å². The minimum Gasteiger partial charge on any atom is -0.481 e. The van der Waals surface area contributed by atoms with Crippen molar-refractivity contribution in [1.29, 1.82) is 0 Å². The van der Waals surface area contributed by atoms with Crippen LogP contribution in [0, 0.1) is 5.92 Å². The highest BCUT2D eigenvalue weighted by molar-refractivity contribution is 5.75. The Hall–Kier alpha value is -2.08. The molecule has 2 atom stereocenters. The van der Waals surface area contributed by atoms with E-state index in [0.29, 0.717) is 5.75 Å². The van der Waals surface area contributed by atoms with E-state index in [1.165, 1.54) is 11.9 Å². The largest absolute Gasteiger partial charge is 0.481 e. The van der Waals surface area contributed by atoms with Gasteiger partial charge in [-0.1, -0.05) is 18.2 Å². The van der Waals surface area contributed by atoms with E-state index in [9.17, 15) is 9.59 Å². The summed E-state index contributed by atoms with van der Waals surface area (Å²) < 4.78 is 10.3. The molecule has 1 saturated heterocycles. The fourth-order valence-corrected chi connectivity index (χ4v) is 1.96. The zero-order valence-corrected chi connectivity index (χ0v) is 10.5. The molecule has 2 unspecified atom stereocenters. The van der Waals surface area contributed by atoms with E-state index < -0.39 is 24.0 Å². The second kappa shape index (κ2) is 5.71. The number of aliphatic carboxylic acids is 1. The van der Waals surface area contributed by atoms with Gasteiger partial charge in [-0.15, -0.1) is 0 Å². The molecule has 19 heavy (non-hydrogen) atoms. The van der Waals surface area contributed by atoms with Crippen LogP contribution in [0.15, 0.2) is 30.3 Å². The summed E-state index contributed by atoms with van der Waals surface area (Å²) >= 11 is 0. The van der Waals surface area contributed by atoms with E-state index >= 15 is 0 Å². The van der Waals surface area contributed by atoms with Gasteiger partial charge < -0.3 is 19.5 Å². The van der Waals surface area contributed by atoms with Gasteiger partial charge in [-0.3, -0.25) is 4.79 Å². The van der Waals surface area contributed by atoms with Crippen LogP contribution in [0.4, 0.5) is 4.79 Å². The second-order valence-electron chi connectivity index (χ2n) is 4.34. The summed E-state index contributed by atoms with van der Waals surface area (Å²) in [7, 11) is 1.51. The minimum atomic E-state index is -0.970. The molecule has 1 N–H and O–H groups in total. The van der Waals surface area contributed by atoms with Gasteiger partial charge >= 0.3 is 12.1 Å². The SMILES string of the molecule is CN(C(=O)Oc1ccccc1)C1COCC1C(=O)O. The molecule has 1 heterocycles. The Labute approximate surface area is 110 Å². The number of likely N-dealkylation sites (N-methyl/N-ethyl adjacent to an activating group) is 1. The molecule has 1 aliphatic rings. The maximum absolute atomic E-state index is 11.9. The van der Waals surface area contributed by atoms with Crippen molar-refractivity contribution in [1.82, 2.24) is 4.90 Å². The van der Waals surface area contributed by atoms with Crippen molar-refractivity contribution in [3.63, 3.8) is 0 Å². The Morgan fingerprint density at radius 3 is 2.63 bits per heavy atom. The molecule has 6 heteroatoms. The monoisotopic (exact) mass is 265 g/mol. The van der Waals surface area contributed by atoms with Crippen molar-refractivity contribution in [2.45, 2.75) is 6.04 Å². The van der Waals surface area contributed by atoms with Gasteiger partial charge in [0, 0.05) is 7.05 Å². The number of amides is 1. The highest BCUT2D eigenvalue weighted by Gasteiger charge is 2.39. The summed E-state index contributed by atoms with van der Waals surface area (Å²) in [6, 6.07) is 8.13. The standard InChI is InChI=1S/C13H15NO5/c1-14(11-8-18-7-10(11)12(15)16)13(17)19-9-5-3-2-4-6-9/h2-6,10-11H,7-8H2,1H3,(H,15,16). The first-order chi connectivity index (χ1) is 9.09. The van der Waals surface area contributed by atoms with Crippen molar-refractivity contribution in [3.8, 4) is 5.75 Å². The third-order valence-corrected chi connectivity index (χ3v) is 3.10. The molecule has 1 aromatic rings. The number of hydrogen-bond donors (Lipinski definition) is 1. The molecule has 2 rings (SSSR count). The lowest BCUT2D eigenvalue weighted by Crippen LogP contribution is -2.45. The van der Waals surface area contributed by atoms with E-state index in [1.807, 2.05) is 6.07 Å². The summed E-state index contributed by atoms with van der Waals surface area (Å²) in [5.41, 5.74) is 0. The summed E-state index contributed by atoms with van der Waals surface area (Å²) in [5, 5.41) is 9.05. The fourth-order valence-electron chi connectivity index (χ4n) is 1.96. The number of benzene rings is 1. The van der Waals surface area contributed by atoms with Crippen LogP contribution in [0.1, 0.15) is 0 Å². The molecular weight excluding hydrogens is 250 g/mol. The number of nitrogens with zero attached hydrogens (tertiary/aromatic N) is 1. The first-order valence-corrected chi connectivity index (χ1v) is 5.90. The zero-order valence-electron chi connectivity index (χ0n) is 10.5. The molecule has 0 spiro atoms. The quantitative estimate of drug-likeness (QED) is 0.889. The minimum absolute atomic E-state index is 0.114. The highest BCUT2D eigenvalue weighted by Crippen LogP contribution is 2.20. The number of carboxylic acid groups (broad SMARTS) is 1. The van der Waals surface area contributed by atoms with E-state index in [1.54, 1.807) is 24.3 Å². The maximum atomic E-state index is 11.9. The molecule has 0 radical (unpaired) electrons. The van der Waals surface area contributed by atoms with Crippen LogP contribution in [0.5, 0.6) is 5.75 Å². The topological polar surface area (TPSA) is 76.1 Å². The number of rotatable bonds is 3. The Morgan fingerprint density at radius 2 is 2.00 bits per heavy atom. The van der Waals surface area contributed by atoms with Gasteiger partial charge in [-0.2, -0.15) is 0 Å². The van der Waals surface area contributed by atoms with Crippen LogP contribution in [0.3, 0.4) is 0 Å². The summed E-state index contributed by atoms with van der Waals surface area (Å²) in [4.78, 5) is 24.2. The maximum Gasteiger partial charge on any atom is 0.415 e. The lowest BCUT2D eigenvalue weighted by molar-refractivity contribution is -0.142. The Morgan fingerprint density at radius 1 is 1.32 bits per heavy atom. The van der Waals surface area contributed by atoms with Crippen LogP contribution in [0.2, 0.25) is 0 Å². The number of carboxylic acids is 1. The molecule has 102 valence electrons. The van der Waals surface area contributed by atoms with Gasteiger partial charge in [0.05, 0.1) is 19.3 Å². The molecule has 0 aromatic heterocycles. The van der Waals surface area contributed by atoms with Crippen molar-refractivity contribution in [3.05, 3.63) is 30.3 Å². The highest BCUT2D eigenvalue weighted by atomic mass is 16.6. The van der Waals surface area contributed by atoms with Gasteiger partial charge in [0.15, 0.2) is 0 Å². The Bertz CT molecular complexity index is 461. The molecule has 1 amide bonds. The third kappa shape index (κ3) is 3.03. The first kappa shape index (κ1) is 13.4. The number of hydrogen-bond acceptors (Lipinski definition) is 4. The van der Waals surface area contributed by atoms with Crippen molar-refractivity contribution in [2.24, 2.45) is 5.92 Å². The Balaban J connectivity index is 2.01. The van der Waals surface area contributed by atoms with Gasteiger partial charge in [-0.25, -0.2) is 4.79 Å². The lowest BCUT2D eigenvalue weighted by atomic mass is 10.0. The molecule has 1 fully saturated rings. The summed E-state index contributed by atoms with van der Waals surface area (Å²) in [6.45, 7) is 0.320. The van der Waals surface area contributed by atoms with Crippen LogP contribution in [-0.4, -0.2) is 48.4 Å². The summed E-state index contributed by atoms with van der Waals surface area (Å²) in [5.74, 6) is -1.26. The number of para-hydroxylation sites is 1. The third-order valence-electron chi connectivity index (χ3n) is 3.10. The number of carbonyl (C=O) groups excluding carboxylic acids is 1. The molecule has 6 nitrogen and oxygen atoms in total. The van der Waals surface area contributed by atoms with Crippen molar-refractivity contribution < 1.29 is 24.2 Å². The van der Waals surface area contributed by atoms with E-state index in [0.717, 1.165) is 0 Å². The van der Waals surface area contributed by atoms with Crippen LogP contribution in [0.25, 0.3) is 0 Å². The van der Waals surface area contributed by atoms with Gasteiger partial charge in [-0.05, 0) is 12.1 Å². The smallest absolute Gasteiger partial charge is 0.415 e. The number of ether oxygens (including phenoxy) is 2. The van der Waals surface area contributed by atoms with E-state index in [4.69, 9.17) is 14.6 Å². The molecule has 0 bridgehead atoms. The van der Waals surface area contributed by atoms with Crippen LogP contribution < -0.4 is 4.74 Å². The van der Waals surface area contributed by atoms with Crippen LogP contribution >= 0.6 is 0 Å². The molecular formula is C13H15NO5. The predicted molar refractivity (Wildman–Crippen MR) is 66.0 cm³/mol. The van der Waals surface area contributed by atoms with Gasteiger partial charge in [0.25, 0.3) is 0 Å². The van der Waals surface area contributed by atoms with Crippen molar-refractivity contribution in [2.75, 3.05) is 20.3 Å². The molecule has 0 aliphatic carbocycles. The normalized spacial score (nSPS) is 21.9. The average Bonchev–Trinajstić information content (AvgIpc) is 2.88. The van der Waals surface area contributed by atoms with Gasteiger partial charge in [0.2, 0.25) is 0 Å². The molecule has 1 aromatic carbocycles. The van der Waals surface area contributed by atoms with Crippen LogP contribution in [-0.2, 0) is 9.53 Å². The predicted octanol–water partition coefficient (Wildman–Crippen LogP) is 1.22. The number of carbonyl (C=O) groups is 2. The molecule has 1 aliphatic heterocycles. The zero-order chi connectivity index (χ0) is 13.8. The van der Waals surface area contributed by atoms with Gasteiger partial charge in [0.1, 0.15) is 11.7 Å². The first-order valence-electron chi connectivity index (χ1n) is 5.90. The second-order valence-corrected chi connectivity index (χ2v) is 4.34. The Kier molecular flexibility index (Phi) is 4.01. The van der Waals surface area contributed by atoms with E-state index in [-0.39, 0.29) is 13.2 Å². The molecule has 0 saturated carbocycles. The summed E-state index contributed by atoms with van der Waals surface area (Å²) in [6.07, 6.45) is -0.590. The van der Waals surface area contributed by atoms with E-state index in [2.05, 4.69) is 0 Å². The lowest BCUT2D eigenvalue weighted by Gasteiger charge is -2.25.